The van der Waals surface area contributed by atoms with Gasteiger partial charge in [-0.1, -0.05) is 23.7 Å². The number of fused-ring (bicyclic) bond motifs is 1. The number of aromatic nitrogens is 2. The first-order chi connectivity index (χ1) is 13.0. The van der Waals surface area contributed by atoms with Crippen LogP contribution in [0.4, 0.5) is 11.4 Å². The topological polar surface area (TPSA) is 85.3 Å². The number of benzene rings is 2. The summed E-state index contributed by atoms with van der Waals surface area (Å²) >= 11 is 6.20. The molecule has 2 aromatic carbocycles. The monoisotopic (exact) mass is 382 g/mol. The molecule has 4 rings (SSSR count). The van der Waals surface area contributed by atoms with E-state index in [-0.39, 0.29) is 24.1 Å². The number of rotatable bonds is 3. The van der Waals surface area contributed by atoms with Gasteiger partial charge >= 0.3 is 0 Å². The van der Waals surface area contributed by atoms with Crippen molar-refractivity contribution in [3.63, 3.8) is 0 Å². The molecular formula is C19H15ClN4O3. The number of carbonyl (C=O) groups is 2. The molecule has 136 valence electrons. The summed E-state index contributed by atoms with van der Waals surface area (Å²) in [6.45, 7) is 1.79. The summed E-state index contributed by atoms with van der Waals surface area (Å²) in [5.41, 5.74) is 2.73. The van der Waals surface area contributed by atoms with Gasteiger partial charge in [0.2, 0.25) is 0 Å². The molecule has 27 heavy (non-hydrogen) atoms. The number of carbonyl (C=O) groups excluding carboxylic acids is 2. The second kappa shape index (κ2) is 6.77. The Bertz CT molecular complexity index is 1060. The molecule has 1 aliphatic rings. The predicted molar refractivity (Wildman–Crippen MR) is 102 cm³/mol. The number of hydrogen-bond acceptors (Lipinski definition) is 4. The molecule has 0 radical (unpaired) electrons. The van der Waals surface area contributed by atoms with Crippen LogP contribution in [0.25, 0.3) is 5.69 Å². The van der Waals surface area contributed by atoms with E-state index in [1.54, 1.807) is 42.1 Å². The molecule has 0 aliphatic carbocycles. The summed E-state index contributed by atoms with van der Waals surface area (Å²) in [4.78, 5) is 24.1. The van der Waals surface area contributed by atoms with E-state index in [1.165, 1.54) is 0 Å². The fraction of sp³-hybridized carbons (Fsp3) is 0.105. The van der Waals surface area contributed by atoms with Crippen molar-refractivity contribution >= 4 is 34.8 Å². The fourth-order valence-electron chi connectivity index (χ4n) is 2.80. The summed E-state index contributed by atoms with van der Waals surface area (Å²) < 4.78 is 6.89. The second-order valence-corrected chi connectivity index (χ2v) is 6.47. The van der Waals surface area contributed by atoms with E-state index < -0.39 is 0 Å². The second-order valence-electron chi connectivity index (χ2n) is 6.06. The third-order valence-electron chi connectivity index (χ3n) is 4.08. The largest absolute Gasteiger partial charge is 0.482 e. The van der Waals surface area contributed by atoms with Crippen LogP contribution in [0.2, 0.25) is 5.02 Å². The Morgan fingerprint density at radius 3 is 2.93 bits per heavy atom. The van der Waals surface area contributed by atoms with E-state index in [0.29, 0.717) is 33.4 Å². The maximum Gasteiger partial charge on any atom is 0.276 e. The van der Waals surface area contributed by atoms with E-state index >= 15 is 0 Å². The normalized spacial score (nSPS) is 12.7. The number of amides is 2. The predicted octanol–water partition coefficient (Wildman–Crippen LogP) is 3.42. The van der Waals surface area contributed by atoms with Gasteiger partial charge in [0.05, 0.1) is 16.4 Å². The van der Waals surface area contributed by atoms with Gasteiger partial charge < -0.3 is 15.4 Å². The number of halogens is 1. The average Bonchev–Trinajstić information content (AvgIpc) is 3.03. The quantitative estimate of drug-likeness (QED) is 0.726. The van der Waals surface area contributed by atoms with Crippen LogP contribution in [-0.2, 0) is 4.79 Å². The molecule has 1 aliphatic heterocycles. The van der Waals surface area contributed by atoms with Gasteiger partial charge in [-0.25, -0.2) is 4.68 Å². The summed E-state index contributed by atoms with van der Waals surface area (Å²) in [5.74, 6) is -0.0339. The zero-order chi connectivity index (χ0) is 19.0. The number of hydrogen-bond donors (Lipinski definition) is 2. The fourth-order valence-corrected chi connectivity index (χ4v) is 3.02. The molecule has 0 spiro atoms. The Balaban J connectivity index is 1.58. The Kier molecular flexibility index (Phi) is 4.29. The van der Waals surface area contributed by atoms with Gasteiger partial charge in [0, 0.05) is 17.4 Å². The molecule has 0 saturated carbocycles. The van der Waals surface area contributed by atoms with Gasteiger partial charge in [-0.05, 0) is 37.3 Å². The van der Waals surface area contributed by atoms with Crippen LogP contribution in [-0.4, -0.2) is 28.2 Å². The molecule has 2 heterocycles. The zero-order valence-corrected chi connectivity index (χ0v) is 15.1. The lowest BCUT2D eigenvalue weighted by Gasteiger charge is -2.18. The van der Waals surface area contributed by atoms with Crippen molar-refractivity contribution in [2.24, 2.45) is 0 Å². The summed E-state index contributed by atoms with van der Waals surface area (Å²) in [7, 11) is 0. The molecule has 1 aromatic heterocycles. The summed E-state index contributed by atoms with van der Waals surface area (Å²) in [5, 5.41) is 10.4. The number of aryl methyl sites for hydroxylation is 1. The molecule has 0 fully saturated rings. The van der Waals surface area contributed by atoms with Gasteiger partial charge in [0.1, 0.15) is 5.75 Å². The molecule has 8 heteroatoms. The van der Waals surface area contributed by atoms with Gasteiger partial charge in [0.25, 0.3) is 11.8 Å². The van der Waals surface area contributed by atoms with Crippen molar-refractivity contribution < 1.29 is 14.3 Å². The van der Waals surface area contributed by atoms with Gasteiger partial charge in [-0.3, -0.25) is 9.59 Å². The number of nitrogens with zero attached hydrogens (tertiary/aromatic N) is 2. The SMILES string of the molecule is Cc1cn(-c2ccccc2Cl)nc1C(=O)Nc1ccc2c(c1)NC(=O)CO2. The maximum atomic E-state index is 12.7. The number of ether oxygens (including phenoxy) is 1. The van der Waals surface area contributed by atoms with Crippen molar-refractivity contribution in [1.29, 1.82) is 0 Å². The number of para-hydroxylation sites is 1. The summed E-state index contributed by atoms with van der Waals surface area (Å²) in [6.07, 6.45) is 1.75. The van der Waals surface area contributed by atoms with Crippen molar-refractivity contribution in [3.05, 3.63) is 64.9 Å². The molecule has 2 amide bonds. The maximum absolute atomic E-state index is 12.7. The van der Waals surface area contributed by atoms with Gasteiger partial charge in [-0.2, -0.15) is 5.10 Å². The Morgan fingerprint density at radius 2 is 2.11 bits per heavy atom. The third-order valence-corrected chi connectivity index (χ3v) is 4.40. The van der Waals surface area contributed by atoms with Crippen LogP contribution in [0.5, 0.6) is 5.75 Å². The highest BCUT2D eigenvalue weighted by molar-refractivity contribution is 6.32. The number of nitrogens with one attached hydrogen (secondary N) is 2. The smallest absolute Gasteiger partial charge is 0.276 e. The lowest BCUT2D eigenvalue weighted by molar-refractivity contribution is -0.118. The first-order valence-corrected chi connectivity index (χ1v) is 8.58. The van der Waals surface area contributed by atoms with Gasteiger partial charge in [-0.15, -0.1) is 0 Å². The first kappa shape index (κ1) is 17.1. The van der Waals surface area contributed by atoms with Crippen LogP contribution < -0.4 is 15.4 Å². The van der Waals surface area contributed by atoms with Crippen LogP contribution in [0.1, 0.15) is 16.1 Å². The highest BCUT2D eigenvalue weighted by Gasteiger charge is 2.19. The molecule has 0 saturated heterocycles. The highest BCUT2D eigenvalue weighted by atomic mass is 35.5. The highest BCUT2D eigenvalue weighted by Crippen LogP contribution is 2.30. The van der Waals surface area contributed by atoms with E-state index in [1.807, 2.05) is 18.2 Å². The minimum absolute atomic E-state index is 0.0165. The Morgan fingerprint density at radius 1 is 1.30 bits per heavy atom. The van der Waals surface area contributed by atoms with E-state index in [0.717, 1.165) is 0 Å². The van der Waals surface area contributed by atoms with Crippen molar-refractivity contribution in [2.75, 3.05) is 17.2 Å². The molecule has 7 nitrogen and oxygen atoms in total. The van der Waals surface area contributed by atoms with E-state index in [9.17, 15) is 9.59 Å². The lowest BCUT2D eigenvalue weighted by atomic mass is 10.2. The van der Waals surface area contributed by atoms with Crippen LogP contribution >= 0.6 is 11.6 Å². The molecular weight excluding hydrogens is 368 g/mol. The van der Waals surface area contributed by atoms with E-state index in [2.05, 4.69) is 15.7 Å². The lowest BCUT2D eigenvalue weighted by Crippen LogP contribution is -2.25. The minimum Gasteiger partial charge on any atom is -0.482 e. The molecule has 0 bridgehead atoms. The molecule has 0 unspecified atom stereocenters. The first-order valence-electron chi connectivity index (χ1n) is 8.20. The zero-order valence-electron chi connectivity index (χ0n) is 14.3. The van der Waals surface area contributed by atoms with Crippen LogP contribution in [0.15, 0.2) is 48.7 Å². The van der Waals surface area contributed by atoms with Crippen molar-refractivity contribution in [2.45, 2.75) is 6.92 Å². The molecule has 3 aromatic rings. The Hall–Kier alpha value is -3.32. The average molecular weight is 383 g/mol. The molecule has 2 N–H and O–H groups in total. The van der Waals surface area contributed by atoms with Crippen molar-refractivity contribution in [3.8, 4) is 11.4 Å². The molecule has 0 atom stereocenters. The van der Waals surface area contributed by atoms with Crippen molar-refractivity contribution in [1.82, 2.24) is 9.78 Å². The summed E-state index contributed by atoms with van der Waals surface area (Å²) in [6, 6.07) is 12.3. The third kappa shape index (κ3) is 3.37. The van der Waals surface area contributed by atoms with Crippen LogP contribution in [0, 0.1) is 6.92 Å². The number of anilines is 2. The van der Waals surface area contributed by atoms with E-state index in [4.69, 9.17) is 16.3 Å². The Labute approximate surface area is 159 Å². The van der Waals surface area contributed by atoms with Gasteiger partial charge in [0.15, 0.2) is 12.3 Å². The van der Waals surface area contributed by atoms with Crippen LogP contribution in [0.3, 0.4) is 0 Å². The standard InChI is InChI=1S/C19H15ClN4O3/c1-11-9-24(15-5-3-2-4-13(15)20)23-18(11)19(26)21-12-6-7-16-14(8-12)22-17(25)10-27-16/h2-9H,10H2,1H3,(H,21,26)(H,22,25). The minimum atomic E-state index is -0.360.